The Bertz CT molecular complexity index is 1290. The minimum absolute atomic E-state index is 0. The fraction of sp³-hybridized carbons (Fsp3) is 0. The molecule has 0 saturated carbocycles. The van der Waals surface area contributed by atoms with Gasteiger partial charge in [-0.25, -0.2) is 0 Å². The SMILES string of the molecule is Nc1c(O)cc(S(=O)(=O)O)c2ccccc12.Nc1c(O)ccc2ccccc12.[Cr]. The summed E-state index contributed by atoms with van der Waals surface area (Å²) in [4.78, 5) is -0.352. The van der Waals surface area contributed by atoms with Crippen molar-refractivity contribution in [1.29, 1.82) is 0 Å². The predicted molar refractivity (Wildman–Crippen MR) is 110 cm³/mol. The number of hydrogen-bond acceptors (Lipinski definition) is 6. The zero-order chi connectivity index (χ0) is 20.5. The van der Waals surface area contributed by atoms with E-state index in [-0.39, 0.29) is 44.8 Å². The van der Waals surface area contributed by atoms with Crippen molar-refractivity contribution in [1.82, 2.24) is 0 Å². The molecule has 0 unspecified atom stereocenters. The predicted octanol–water partition coefficient (Wildman–Crippen LogP) is 3.50. The molecule has 0 aliphatic carbocycles. The summed E-state index contributed by atoms with van der Waals surface area (Å²) in [5.74, 6) is -0.222. The van der Waals surface area contributed by atoms with Crippen LogP contribution in [0.2, 0.25) is 0 Å². The van der Waals surface area contributed by atoms with Crippen LogP contribution in [-0.4, -0.2) is 23.2 Å². The van der Waals surface area contributed by atoms with E-state index in [1.54, 1.807) is 24.3 Å². The van der Waals surface area contributed by atoms with Gasteiger partial charge in [0.2, 0.25) is 0 Å². The van der Waals surface area contributed by atoms with Gasteiger partial charge in [0, 0.05) is 39.6 Å². The van der Waals surface area contributed by atoms with Gasteiger partial charge in [-0.1, -0.05) is 54.6 Å². The first-order valence-corrected chi connectivity index (χ1v) is 9.58. The van der Waals surface area contributed by atoms with Crippen molar-refractivity contribution in [3.8, 4) is 11.5 Å². The van der Waals surface area contributed by atoms with Crippen LogP contribution in [0, 0.1) is 0 Å². The van der Waals surface area contributed by atoms with Crippen molar-refractivity contribution in [3.05, 3.63) is 66.7 Å². The fourth-order valence-corrected chi connectivity index (χ4v) is 3.56. The van der Waals surface area contributed by atoms with E-state index >= 15 is 0 Å². The monoisotopic (exact) mass is 450 g/mol. The van der Waals surface area contributed by atoms with E-state index in [4.69, 9.17) is 16.0 Å². The van der Waals surface area contributed by atoms with Crippen LogP contribution in [0.4, 0.5) is 11.4 Å². The van der Waals surface area contributed by atoms with Gasteiger partial charge in [0.15, 0.2) is 0 Å². The molecule has 0 aliphatic rings. The Kier molecular flexibility index (Phi) is 6.62. The standard InChI is InChI=1S/C10H9NO4S.C10H9NO.Cr/c11-10-7-4-2-1-3-6(7)9(5-8(10)12)16(13,14)15;11-10-8-4-2-1-3-7(8)5-6-9(10)12;/h1-5,12H,11H2,(H,13,14,15);1-6,12H,11H2;. The first kappa shape index (κ1) is 22.3. The number of nitrogens with two attached hydrogens (primary N) is 2. The number of rotatable bonds is 1. The summed E-state index contributed by atoms with van der Waals surface area (Å²) in [5.41, 5.74) is 11.8. The molecule has 7 nitrogen and oxygen atoms in total. The molecule has 0 atom stereocenters. The molecule has 9 heteroatoms. The Balaban J connectivity index is 0.000000207. The van der Waals surface area contributed by atoms with Gasteiger partial charge in [0.25, 0.3) is 10.1 Å². The van der Waals surface area contributed by atoms with Crippen LogP contribution in [0.1, 0.15) is 0 Å². The largest absolute Gasteiger partial charge is 0.506 e. The van der Waals surface area contributed by atoms with E-state index in [0.717, 1.165) is 16.8 Å². The molecule has 4 aromatic carbocycles. The zero-order valence-corrected chi connectivity index (χ0v) is 17.1. The van der Waals surface area contributed by atoms with Gasteiger partial charge >= 0.3 is 0 Å². The van der Waals surface area contributed by atoms with Crippen LogP contribution in [0.15, 0.2) is 71.6 Å². The van der Waals surface area contributed by atoms with E-state index in [1.165, 1.54) is 6.07 Å². The van der Waals surface area contributed by atoms with Crippen molar-refractivity contribution in [2.75, 3.05) is 11.5 Å². The Labute approximate surface area is 178 Å². The molecule has 0 heterocycles. The van der Waals surface area contributed by atoms with Gasteiger partial charge < -0.3 is 21.7 Å². The average molecular weight is 450 g/mol. The van der Waals surface area contributed by atoms with Crippen LogP contribution in [0.5, 0.6) is 11.5 Å². The number of nitrogen functional groups attached to an aromatic ring is 2. The quantitative estimate of drug-likeness (QED) is 0.169. The molecule has 4 rings (SSSR count). The van der Waals surface area contributed by atoms with E-state index in [2.05, 4.69) is 0 Å². The molecule has 0 saturated heterocycles. The number of hydrogen-bond donors (Lipinski definition) is 5. The van der Waals surface area contributed by atoms with Gasteiger partial charge in [0.05, 0.1) is 11.4 Å². The molecule has 0 radical (unpaired) electrons. The van der Waals surface area contributed by atoms with Crippen LogP contribution in [0.25, 0.3) is 21.5 Å². The number of phenolic OH excluding ortho intramolecular Hbond substituents is 2. The molecule has 7 N–H and O–H groups in total. The Morgan fingerprint density at radius 1 is 0.690 bits per heavy atom. The number of phenols is 2. The number of benzene rings is 4. The fourth-order valence-electron chi connectivity index (χ4n) is 2.85. The summed E-state index contributed by atoms with van der Waals surface area (Å²) in [6, 6.07) is 18.4. The van der Waals surface area contributed by atoms with Crippen molar-refractivity contribution >= 4 is 43.0 Å². The van der Waals surface area contributed by atoms with Gasteiger partial charge in [-0.3, -0.25) is 4.55 Å². The van der Waals surface area contributed by atoms with E-state index in [0.29, 0.717) is 11.1 Å². The second kappa shape index (κ2) is 8.59. The Morgan fingerprint density at radius 2 is 1.21 bits per heavy atom. The number of fused-ring (bicyclic) bond motifs is 2. The van der Waals surface area contributed by atoms with Gasteiger partial charge in [-0.05, 0) is 11.5 Å². The summed E-state index contributed by atoms with van der Waals surface area (Å²) < 4.78 is 31.3. The van der Waals surface area contributed by atoms with Crippen LogP contribution in [0.3, 0.4) is 0 Å². The number of aromatic hydroxyl groups is 2. The maximum Gasteiger partial charge on any atom is 0.295 e. The molecule has 0 amide bonds. The van der Waals surface area contributed by atoms with Gasteiger partial charge in [0.1, 0.15) is 16.4 Å². The molecule has 150 valence electrons. The second-order valence-corrected chi connectivity index (χ2v) is 7.44. The topological polar surface area (TPSA) is 147 Å². The molecule has 29 heavy (non-hydrogen) atoms. The maximum atomic E-state index is 11.1. The Morgan fingerprint density at radius 3 is 1.83 bits per heavy atom. The Hall–Kier alpha value is -2.96. The minimum Gasteiger partial charge on any atom is -0.506 e. The summed E-state index contributed by atoms with van der Waals surface area (Å²) >= 11 is 0. The smallest absolute Gasteiger partial charge is 0.295 e. The minimum atomic E-state index is -4.38. The van der Waals surface area contributed by atoms with Crippen LogP contribution < -0.4 is 11.5 Å². The van der Waals surface area contributed by atoms with Crippen molar-refractivity contribution in [2.24, 2.45) is 0 Å². The van der Waals surface area contributed by atoms with Crippen molar-refractivity contribution < 1.29 is 40.5 Å². The maximum absolute atomic E-state index is 11.1. The molecule has 4 aromatic rings. The second-order valence-electron chi connectivity index (χ2n) is 6.05. The first-order valence-electron chi connectivity index (χ1n) is 8.14. The molecule has 0 fully saturated rings. The van der Waals surface area contributed by atoms with E-state index < -0.39 is 10.1 Å². The first-order chi connectivity index (χ1) is 13.2. The normalized spacial score (nSPS) is 10.8. The van der Waals surface area contributed by atoms with Gasteiger partial charge in [-0.2, -0.15) is 8.42 Å². The molecule has 0 bridgehead atoms. The summed E-state index contributed by atoms with van der Waals surface area (Å²) in [7, 11) is -4.38. The third kappa shape index (κ3) is 4.55. The van der Waals surface area contributed by atoms with Gasteiger partial charge in [-0.15, -0.1) is 0 Å². The van der Waals surface area contributed by atoms with Crippen LogP contribution >= 0.6 is 0 Å². The molecule has 0 aromatic heterocycles. The average Bonchev–Trinajstić information content (AvgIpc) is 2.67. The van der Waals surface area contributed by atoms with E-state index in [1.807, 2.05) is 30.3 Å². The summed E-state index contributed by atoms with van der Waals surface area (Å²) in [5, 5.41) is 21.4. The van der Waals surface area contributed by atoms with E-state index in [9.17, 15) is 18.6 Å². The third-order valence-corrected chi connectivity index (χ3v) is 5.15. The molecule has 0 spiro atoms. The summed E-state index contributed by atoms with van der Waals surface area (Å²) in [6.45, 7) is 0. The molecule has 0 aliphatic heterocycles. The zero-order valence-electron chi connectivity index (χ0n) is 15.0. The molecular weight excluding hydrogens is 432 g/mol. The van der Waals surface area contributed by atoms with Crippen molar-refractivity contribution in [2.45, 2.75) is 4.90 Å². The van der Waals surface area contributed by atoms with Crippen LogP contribution in [-0.2, 0) is 27.5 Å². The molecular formula is C20H18CrN2O5S. The summed E-state index contributed by atoms with van der Waals surface area (Å²) in [6.07, 6.45) is 0. The van der Waals surface area contributed by atoms with Crippen molar-refractivity contribution in [3.63, 3.8) is 0 Å². The third-order valence-electron chi connectivity index (χ3n) is 4.25. The number of anilines is 2.